The van der Waals surface area contributed by atoms with Gasteiger partial charge in [0.05, 0.1) is 12.2 Å². The summed E-state index contributed by atoms with van der Waals surface area (Å²) in [5, 5.41) is 3.51. The molecule has 0 amide bonds. The van der Waals surface area contributed by atoms with Gasteiger partial charge >= 0.3 is 0 Å². The molecular weight excluding hydrogens is 250 g/mol. The fraction of sp³-hybridized carbons (Fsp3) is 0.688. The van der Waals surface area contributed by atoms with Crippen molar-refractivity contribution in [3.05, 3.63) is 23.9 Å². The van der Waals surface area contributed by atoms with Gasteiger partial charge in [0.1, 0.15) is 5.82 Å². The summed E-state index contributed by atoms with van der Waals surface area (Å²) in [6, 6.07) is 4.26. The fourth-order valence-electron chi connectivity index (χ4n) is 2.32. The molecule has 0 saturated carbocycles. The standard InChI is InChI=1S/C16H27N3O/c1-15(2,3)18-11-13-6-7-17-14(10-13)19-8-9-20-16(4,5)12-19/h6-7,10,18H,8-9,11-12H2,1-5H3. The number of rotatable bonds is 3. The normalized spacial score (nSPS) is 19.1. The first-order valence-electron chi connectivity index (χ1n) is 7.34. The Labute approximate surface area is 122 Å². The Kier molecular flexibility index (Phi) is 4.35. The third-order valence-electron chi connectivity index (χ3n) is 3.38. The highest BCUT2D eigenvalue weighted by molar-refractivity contribution is 5.42. The lowest BCUT2D eigenvalue weighted by molar-refractivity contribution is -0.0279. The number of nitrogens with one attached hydrogen (secondary N) is 1. The zero-order valence-corrected chi connectivity index (χ0v) is 13.4. The molecule has 1 aromatic heterocycles. The topological polar surface area (TPSA) is 37.4 Å². The monoisotopic (exact) mass is 277 g/mol. The molecule has 2 heterocycles. The van der Waals surface area contributed by atoms with E-state index in [-0.39, 0.29) is 11.1 Å². The zero-order valence-electron chi connectivity index (χ0n) is 13.4. The summed E-state index contributed by atoms with van der Waals surface area (Å²) in [5.41, 5.74) is 1.30. The number of hydrogen-bond acceptors (Lipinski definition) is 4. The number of aromatic nitrogens is 1. The maximum atomic E-state index is 5.76. The van der Waals surface area contributed by atoms with Crippen molar-refractivity contribution in [1.82, 2.24) is 10.3 Å². The van der Waals surface area contributed by atoms with Crippen LogP contribution in [0.5, 0.6) is 0 Å². The first-order chi connectivity index (χ1) is 9.25. The van der Waals surface area contributed by atoms with E-state index in [1.165, 1.54) is 5.56 Å². The Morgan fingerprint density at radius 3 is 2.80 bits per heavy atom. The van der Waals surface area contributed by atoms with Gasteiger partial charge in [0.2, 0.25) is 0 Å². The highest BCUT2D eigenvalue weighted by Crippen LogP contribution is 2.22. The minimum Gasteiger partial charge on any atom is -0.372 e. The molecule has 4 heteroatoms. The molecule has 1 saturated heterocycles. The minimum absolute atomic E-state index is 0.0976. The quantitative estimate of drug-likeness (QED) is 0.921. The summed E-state index contributed by atoms with van der Waals surface area (Å²) in [6.07, 6.45) is 1.90. The Balaban J connectivity index is 2.05. The Bertz CT molecular complexity index is 451. The van der Waals surface area contributed by atoms with E-state index in [4.69, 9.17) is 4.74 Å². The van der Waals surface area contributed by atoms with E-state index < -0.39 is 0 Å². The lowest BCUT2D eigenvalue weighted by atomic mass is 10.1. The number of ether oxygens (including phenoxy) is 1. The summed E-state index contributed by atoms with van der Waals surface area (Å²) in [6.45, 7) is 14.2. The molecule has 1 N–H and O–H groups in total. The molecule has 0 aliphatic carbocycles. The molecule has 0 aromatic carbocycles. The van der Waals surface area contributed by atoms with Gasteiger partial charge in [0, 0.05) is 31.4 Å². The van der Waals surface area contributed by atoms with E-state index in [1.54, 1.807) is 0 Å². The second-order valence-electron chi connectivity index (χ2n) is 7.16. The van der Waals surface area contributed by atoms with Crippen molar-refractivity contribution in [2.45, 2.75) is 52.3 Å². The number of anilines is 1. The molecule has 1 aliphatic heterocycles. The van der Waals surface area contributed by atoms with Gasteiger partial charge in [-0.15, -0.1) is 0 Å². The molecule has 20 heavy (non-hydrogen) atoms. The highest BCUT2D eigenvalue weighted by atomic mass is 16.5. The third kappa shape index (κ3) is 4.46. The van der Waals surface area contributed by atoms with E-state index in [9.17, 15) is 0 Å². The maximum Gasteiger partial charge on any atom is 0.128 e. The van der Waals surface area contributed by atoms with E-state index in [0.29, 0.717) is 0 Å². The van der Waals surface area contributed by atoms with Gasteiger partial charge in [-0.25, -0.2) is 4.98 Å². The summed E-state index contributed by atoms with van der Waals surface area (Å²) in [5.74, 6) is 1.05. The van der Waals surface area contributed by atoms with Crippen molar-refractivity contribution in [3.63, 3.8) is 0 Å². The first-order valence-corrected chi connectivity index (χ1v) is 7.34. The second-order valence-corrected chi connectivity index (χ2v) is 7.16. The van der Waals surface area contributed by atoms with Crippen LogP contribution in [0.3, 0.4) is 0 Å². The molecule has 0 atom stereocenters. The number of morpholine rings is 1. The maximum absolute atomic E-state index is 5.76. The van der Waals surface area contributed by atoms with Crippen LogP contribution in [0, 0.1) is 0 Å². The second kappa shape index (κ2) is 5.70. The Morgan fingerprint density at radius 1 is 1.40 bits per heavy atom. The smallest absolute Gasteiger partial charge is 0.128 e. The van der Waals surface area contributed by atoms with Crippen molar-refractivity contribution >= 4 is 5.82 Å². The van der Waals surface area contributed by atoms with Gasteiger partial charge in [0.25, 0.3) is 0 Å². The van der Waals surface area contributed by atoms with Crippen LogP contribution in [0.2, 0.25) is 0 Å². The summed E-state index contributed by atoms with van der Waals surface area (Å²) in [7, 11) is 0. The van der Waals surface area contributed by atoms with Crippen molar-refractivity contribution in [3.8, 4) is 0 Å². The van der Waals surface area contributed by atoms with Crippen LogP contribution >= 0.6 is 0 Å². The number of nitrogens with zero attached hydrogens (tertiary/aromatic N) is 2. The van der Waals surface area contributed by atoms with E-state index >= 15 is 0 Å². The van der Waals surface area contributed by atoms with Gasteiger partial charge in [0.15, 0.2) is 0 Å². The third-order valence-corrected chi connectivity index (χ3v) is 3.38. The van der Waals surface area contributed by atoms with Gasteiger partial charge in [-0.1, -0.05) is 0 Å². The Hall–Kier alpha value is -1.13. The van der Waals surface area contributed by atoms with Crippen LogP contribution < -0.4 is 10.2 Å². The fourth-order valence-corrected chi connectivity index (χ4v) is 2.32. The van der Waals surface area contributed by atoms with E-state index in [2.05, 4.69) is 62.0 Å². The molecule has 1 aliphatic rings. The van der Waals surface area contributed by atoms with Gasteiger partial charge in [-0.05, 0) is 52.3 Å². The first kappa shape index (κ1) is 15.3. The van der Waals surface area contributed by atoms with Crippen molar-refractivity contribution < 1.29 is 4.74 Å². The molecule has 4 nitrogen and oxygen atoms in total. The Morgan fingerprint density at radius 2 is 2.15 bits per heavy atom. The molecule has 0 unspecified atom stereocenters. The summed E-state index contributed by atoms with van der Waals surface area (Å²) < 4.78 is 5.76. The van der Waals surface area contributed by atoms with Crippen molar-refractivity contribution in [2.75, 3.05) is 24.6 Å². The highest BCUT2D eigenvalue weighted by Gasteiger charge is 2.27. The van der Waals surface area contributed by atoms with Crippen LogP contribution in [0.25, 0.3) is 0 Å². The average molecular weight is 277 g/mol. The summed E-state index contributed by atoms with van der Waals surface area (Å²) >= 11 is 0. The zero-order chi connectivity index (χ0) is 14.8. The van der Waals surface area contributed by atoms with Crippen LogP contribution in [-0.2, 0) is 11.3 Å². The van der Waals surface area contributed by atoms with Crippen molar-refractivity contribution in [2.24, 2.45) is 0 Å². The van der Waals surface area contributed by atoms with Gasteiger partial charge in [-0.2, -0.15) is 0 Å². The molecule has 112 valence electrons. The van der Waals surface area contributed by atoms with Crippen LogP contribution in [0.1, 0.15) is 40.2 Å². The predicted octanol–water partition coefficient (Wildman–Crippen LogP) is 2.58. The van der Waals surface area contributed by atoms with E-state index in [1.807, 2.05) is 6.20 Å². The van der Waals surface area contributed by atoms with E-state index in [0.717, 1.165) is 32.1 Å². The van der Waals surface area contributed by atoms with Crippen LogP contribution in [0.4, 0.5) is 5.82 Å². The lowest BCUT2D eigenvalue weighted by Gasteiger charge is -2.38. The molecular formula is C16H27N3O. The number of hydrogen-bond donors (Lipinski definition) is 1. The predicted molar refractivity (Wildman–Crippen MR) is 83.1 cm³/mol. The van der Waals surface area contributed by atoms with Crippen LogP contribution in [0.15, 0.2) is 18.3 Å². The molecule has 1 aromatic rings. The van der Waals surface area contributed by atoms with Crippen molar-refractivity contribution in [1.29, 1.82) is 0 Å². The molecule has 0 radical (unpaired) electrons. The van der Waals surface area contributed by atoms with Gasteiger partial charge in [-0.3, -0.25) is 0 Å². The van der Waals surface area contributed by atoms with Crippen LogP contribution in [-0.4, -0.2) is 35.8 Å². The molecule has 0 bridgehead atoms. The molecule has 2 rings (SSSR count). The average Bonchev–Trinajstić information content (AvgIpc) is 2.35. The number of pyridine rings is 1. The summed E-state index contributed by atoms with van der Waals surface area (Å²) in [4.78, 5) is 6.83. The molecule has 0 spiro atoms. The SMILES string of the molecule is CC(C)(C)NCc1ccnc(N2CCOC(C)(C)C2)c1. The lowest BCUT2D eigenvalue weighted by Crippen LogP contribution is -2.48. The van der Waals surface area contributed by atoms with Gasteiger partial charge < -0.3 is 15.0 Å². The molecule has 1 fully saturated rings. The largest absolute Gasteiger partial charge is 0.372 e. The minimum atomic E-state index is -0.0976.